The van der Waals surface area contributed by atoms with Crippen LogP contribution in [0.1, 0.15) is 25.7 Å². The highest BCUT2D eigenvalue weighted by Crippen LogP contribution is 2.11. The maximum absolute atomic E-state index is 11.2. The zero-order valence-electron chi connectivity index (χ0n) is 7.83. The summed E-state index contributed by atoms with van der Waals surface area (Å²) in [5, 5.41) is 0. The number of rotatable bonds is 4. The molecule has 1 saturated heterocycles. The molecule has 0 aliphatic carbocycles. The average molecular weight is 187 g/mol. The number of nitrogens with two attached hydrogens (primary N) is 1. The van der Waals surface area contributed by atoms with Crippen LogP contribution >= 0.6 is 0 Å². The maximum atomic E-state index is 11.2. The fourth-order valence-electron chi connectivity index (χ4n) is 1.29. The van der Waals surface area contributed by atoms with Crippen molar-refractivity contribution >= 4 is 5.97 Å². The van der Waals surface area contributed by atoms with E-state index in [0.29, 0.717) is 32.6 Å². The second-order valence-corrected chi connectivity index (χ2v) is 3.19. The number of hydrogen-bond acceptors (Lipinski definition) is 4. The van der Waals surface area contributed by atoms with Crippen molar-refractivity contribution in [3.63, 3.8) is 0 Å². The molecular weight excluding hydrogens is 170 g/mol. The van der Waals surface area contributed by atoms with Crippen LogP contribution in [0.15, 0.2) is 0 Å². The predicted molar refractivity (Wildman–Crippen MR) is 48.2 cm³/mol. The molecule has 0 spiro atoms. The summed E-state index contributed by atoms with van der Waals surface area (Å²) in [6.45, 7) is 1.95. The Morgan fingerprint density at radius 3 is 2.77 bits per heavy atom. The van der Waals surface area contributed by atoms with E-state index in [1.807, 2.05) is 0 Å². The normalized spacial score (nSPS) is 18.5. The number of esters is 1. The van der Waals surface area contributed by atoms with Crippen molar-refractivity contribution in [2.45, 2.75) is 31.8 Å². The van der Waals surface area contributed by atoms with Crippen LogP contribution < -0.4 is 5.73 Å². The van der Waals surface area contributed by atoms with Gasteiger partial charge in [-0.2, -0.15) is 0 Å². The third-order valence-electron chi connectivity index (χ3n) is 2.05. The molecule has 1 heterocycles. The van der Waals surface area contributed by atoms with E-state index in [1.165, 1.54) is 0 Å². The molecule has 4 nitrogen and oxygen atoms in total. The van der Waals surface area contributed by atoms with Crippen LogP contribution in [0.25, 0.3) is 0 Å². The van der Waals surface area contributed by atoms with Gasteiger partial charge in [0.05, 0.1) is 13.2 Å². The van der Waals surface area contributed by atoms with Gasteiger partial charge in [0.2, 0.25) is 0 Å². The van der Waals surface area contributed by atoms with Gasteiger partial charge in [-0.1, -0.05) is 0 Å². The Morgan fingerprint density at radius 1 is 1.46 bits per heavy atom. The van der Waals surface area contributed by atoms with Crippen molar-refractivity contribution in [3.8, 4) is 0 Å². The summed E-state index contributed by atoms with van der Waals surface area (Å²) >= 11 is 0. The zero-order chi connectivity index (χ0) is 9.52. The smallest absolute Gasteiger partial charge is 0.306 e. The molecule has 0 saturated carbocycles. The molecule has 1 aliphatic heterocycles. The van der Waals surface area contributed by atoms with Gasteiger partial charge in [0.15, 0.2) is 0 Å². The van der Waals surface area contributed by atoms with Crippen LogP contribution in [-0.4, -0.2) is 31.8 Å². The lowest BCUT2D eigenvalue weighted by Gasteiger charge is -2.22. The monoisotopic (exact) mass is 187 g/mol. The van der Waals surface area contributed by atoms with E-state index < -0.39 is 0 Å². The summed E-state index contributed by atoms with van der Waals surface area (Å²) < 4.78 is 10.4. The minimum atomic E-state index is -0.127. The first-order chi connectivity index (χ1) is 6.33. The van der Waals surface area contributed by atoms with Gasteiger partial charge in [0.1, 0.15) is 6.10 Å². The second kappa shape index (κ2) is 5.94. The fraction of sp³-hybridized carbons (Fsp3) is 0.889. The first kappa shape index (κ1) is 10.5. The van der Waals surface area contributed by atoms with Gasteiger partial charge in [-0.25, -0.2) is 0 Å². The molecular formula is C9H17NO3. The van der Waals surface area contributed by atoms with Crippen LogP contribution in [0.3, 0.4) is 0 Å². The molecule has 4 heteroatoms. The third kappa shape index (κ3) is 4.24. The SMILES string of the molecule is NCCCC(=O)OC1CCOCC1. The number of ether oxygens (including phenoxy) is 2. The van der Waals surface area contributed by atoms with E-state index in [-0.39, 0.29) is 12.1 Å². The molecule has 0 amide bonds. The molecule has 1 rings (SSSR count). The summed E-state index contributed by atoms with van der Waals surface area (Å²) in [7, 11) is 0. The molecule has 0 radical (unpaired) electrons. The van der Waals surface area contributed by atoms with E-state index >= 15 is 0 Å². The van der Waals surface area contributed by atoms with Crippen LogP contribution in [0.5, 0.6) is 0 Å². The van der Waals surface area contributed by atoms with Crippen molar-refractivity contribution in [2.24, 2.45) is 5.73 Å². The third-order valence-corrected chi connectivity index (χ3v) is 2.05. The van der Waals surface area contributed by atoms with Crippen LogP contribution in [0.2, 0.25) is 0 Å². The Kier molecular flexibility index (Phi) is 4.78. The molecule has 1 fully saturated rings. The largest absolute Gasteiger partial charge is 0.462 e. The Labute approximate surface area is 78.4 Å². The first-order valence-corrected chi connectivity index (χ1v) is 4.80. The molecule has 1 aliphatic rings. The summed E-state index contributed by atoms with van der Waals surface area (Å²) in [6, 6.07) is 0. The molecule has 0 bridgehead atoms. The van der Waals surface area contributed by atoms with Crippen molar-refractivity contribution in [3.05, 3.63) is 0 Å². The van der Waals surface area contributed by atoms with Crippen molar-refractivity contribution in [1.29, 1.82) is 0 Å². The van der Waals surface area contributed by atoms with Gasteiger partial charge in [-0.05, 0) is 13.0 Å². The lowest BCUT2D eigenvalue weighted by Crippen LogP contribution is -2.26. The maximum Gasteiger partial charge on any atom is 0.306 e. The van der Waals surface area contributed by atoms with Crippen LogP contribution in [-0.2, 0) is 14.3 Å². The highest BCUT2D eigenvalue weighted by molar-refractivity contribution is 5.69. The summed E-state index contributed by atoms with van der Waals surface area (Å²) in [4.78, 5) is 11.2. The van der Waals surface area contributed by atoms with Crippen molar-refractivity contribution in [2.75, 3.05) is 19.8 Å². The second-order valence-electron chi connectivity index (χ2n) is 3.19. The summed E-state index contributed by atoms with van der Waals surface area (Å²) in [6.07, 6.45) is 2.87. The summed E-state index contributed by atoms with van der Waals surface area (Å²) in [5.74, 6) is -0.127. The minimum Gasteiger partial charge on any atom is -0.462 e. The van der Waals surface area contributed by atoms with E-state index in [0.717, 1.165) is 12.8 Å². The fourth-order valence-corrected chi connectivity index (χ4v) is 1.29. The van der Waals surface area contributed by atoms with E-state index in [2.05, 4.69) is 0 Å². The Balaban J connectivity index is 2.11. The highest BCUT2D eigenvalue weighted by Gasteiger charge is 2.17. The lowest BCUT2D eigenvalue weighted by molar-refractivity contribution is -0.153. The van der Waals surface area contributed by atoms with Gasteiger partial charge in [-0.15, -0.1) is 0 Å². The molecule has 0 atom stereocenters. The Morgan fingerprint density at radius 2 is 2.15 bits per heavy atom. The van der Waals surface area contributed by atoms with Gasteiger partial charge < -0.3 is 15.2 Å². The molecule has 2 N–H and O–H groups in total. The van der Waals surface area contributed by atoms with Gasteiger partial charge in [0.25, 0.3) is 0 Å². The van der Waals surface area contributed by atoms with Crippen molar-refractivity contribution < 1.29 is 14.3 Å². The average Bonchev–Trinajstić information content (AvgIpc) is 2.16. The van der Waals surface area contributed by atoms with Gasteiger partial charge >= 0.3 is 5.97 Å². The van der Waals surface area contributed by atoms with Crippen LogP contribution in [0, 0.1) is 0 Å². The minimum absolute atomic E-state index is 0.0685. The van der Waals surface area contributed by atoms with Gasteiger partial charge in [0, 0.05) is 19.3 Å². The predicted octanol–water partition coefficient (Wildman–Crippen LogP) is 0.448. The topological polar surface area (TPSA) is 61.6 Å². The lowest BCUT2D eigenvalue weighted by atomic mass is 10.1. The molecule has 0 aromatic heterocycles. The van der Waals surface area contributed by atoms with E-state index in [1.54, 1.807) is 0 Å². The molecule has 0 aromatic rings. The number of hydrogen-bond donors (Lipinski definition) is 1. The zero-order valence-corrected chi connectivity index (χ0v) is 7.83. The van der Waals surface area contributed by atoms with E-state index in [9.17, 15) is 4.79 Å². The van der Waals surface area contributed by atoms with Crippen molar-refractivity contribution in [1.82, 2.24) is 0 Å². The van der Waals surface area contributed by atoms with Gasteiger partial charge in [-0.3, -0.25) is 4.79 Å². The molecule has 0 aromatic carbocycles. The summed E-state index contributed by atoms with van der Waals surface area (Å²) in [5.41, 5.74) is 5.28. The Hall–Kier alpha value is -0.610. The van der Waals surface area contributed by atoms with E-state index in [4.69, 9.17) is 15.2 Å². The number of carbonyl (C=O) groups is 1. The van der Waals surface area contributed by atoms with Crippen LogP contribution in [0.4, 0.5) is 0 Å². The quantitative estimate of drug-likeness (QED) is 0.649. The molecule has 76 valence electrons. The first-order valence-electron chi connectivity index (χ1n) is 4.80. The number of carbonyl (C=O) groups excluding carboxylic acids is 1. The Bertz CT molecular complexity index is 155. The molecule has 0 unspecified atom stereocenters. The standard InChI is InChI=1S/C9H17NO3/c10-5-1-2-9(11)13-8-3-6-12-7-4-8/h8H,1-7,10H2. The highest BCUT2D eigenvalue weighted by atomic mass is 16.5. The molecule has 13 heavy (non-hydrogen) atoms.